The Morgan fingerprint density at radius 3 is 2.87 bits per heavy atom. The molecule has 0 aromatic rings. The van der Waals surface area contributed by atoms with Gasteiger partial charge in [-0.1, -0.05) is 6.55 Å². The van der Waals surface area contributed by atoms with Crippen molar-refractivity contribution in [1.29, 1.82) is 0 Å². The molecule has 1 fully saturated rings. The predicted molar refractivity (Wildman–Crippen MR) is 62.8 cm³/mol. The molecular formula is C11H22O3Si. The maximum absolute atomic E-state index is 10.6. The van der Waals surface area contributed by atoms with Crippen molar-refractivity contribution in [2.75, 3.05) is 13.2 Å². The first-order valence-corrected chi connectivity index (χ1v) is 8.08. The number of hydrogen-bond acceptors (Lipinski definition) is 3. The van der Waals surface area contributed by atoms with Gasteiger partial charge < -0.3 is 9.47 Å². The van der Waals surface area contributed by atoms with Crippen LogP contribution in [0.3, 0.4) is 0 Å². The minimum Gasteiger partial charge on any atom is -0.466 e. The van der Waals surface area contributed by atoms with Crippen molar-refractivity contribution in [3.8, 4) is 0 Å². The fourth-order valence-electron chi connectivity index (χ4n) is 2.17. The van der Waals surface area contributed by atoms with E-state index in [1.165, 1.54) is 26.2 Å². The van der Waals surface area contributed by atoms with Crippen molar-refractivity contribution in [1.82, 2.24) is 0 Å². The fourth-order valence-corrected chi connectivity index (χ4v) is 3.73. The molecule has 1 saturated heterocycles. The highest BCUT2D eigenvalue weighted by Gasteiger charge is 2.30. The third-order valence-corrected chi connectivity index (χ3v) is 5.36. The van der Waals surface area contributed by atoms with Gasteiger partial charge in [-0.2, -0.15) is 0 Å². The van der Waals surface area contributed by atoms with Crippen LogP contribution in [0.1, 0.15) is 39.0 Å². The van der Waals surface area contributed by atoms with Crippen LogP contribution in [0, 0.1) is 0 Å². The van der Waals surface area contributed by atoms with Gasteiger partial charge in [0.25, 0.3) is 0 Å². The molecule has 4 heteroatoms. The SMILES string of the molecule is C[SiH2]C1(CCCOC(C)=O)CCCCO1. The van der Waals surface area contributed by atoms with E-state index in [0.29, 0.717) is 6.61 Å². The number of carbonyl (C=O) groups is 1. The first kappa shape index (κ1) is 12.7. The molecule has 88 valence electrons. The van der Waals surface area contributed by atoms with Crippen LogP contribution < -0.4 is 0 Å². The van der Waals surface area contributed by atoms with Gasteiger partial charge >= 0.3 is 5.97 Å². The van der Waals surface area contributed by atoms with Crippen molar-refractivity contribution in [3.05, 3.63) is 0 Å². The lowest BCUT2D eigenvalue weighted by Gasteiger charge is -2.36. The average Bonchev–Trinajstić information content (AvgIpc) is 2.26. The maximum Gasteiger partial charge on any atom is 0.302 e. The summed E-state index contributed by atoms with van der Waals surface area (Å²) >= 11 is 0. The molecule has 1 unspecified atom stereocenters. The molecule has 1 aliphatic rings. The normalized spacial score (nSPS) is 27.1. The summed E-state index contributed by atoms with van der Waals surface area (Å²) in [5.41, 5.74) is 0. The van der Waals surface area contributed by atoms with E-state index < -0.39 is 0 Å². The van der Waals surface area contributed by atoms with Crippen molar-refractivity contribution in [2.45, 2.75) is 50.8 Å². The smallest absolute Gasteiger partial charge is 0.302 e. The van der Waals surface area contributed by atoms with E-state index in [1.54, 1.807) is 0 Å². The summed E-state index contributed by atoms with van der Waals surface area (Å²) in [5.74, 6) is -0.178. The standard InChI is InChI=1S/C11H22O3Si/c1-10(12)13-8-5-7-11(15-2)6-3-4-9-14-11/h3-9,15H2,1-2H3. The third-order valence-electron chi connectivity index (χ3n) is 3.16. The summed E-state index contributed by atoms with van der Waals surface area (Å²) in [4.78, 5) is 10.6. The maximum atomic E-state index is 10.6. The van der Waals surface area contributed by atoms with Crippen LogP contribution in [-0.4, -0.2) is 33.9 Å². The van der Waals surface area contributed by atoms with Crippen LogP contribution >= 0.6 is 0 Å². The first-order chi connectivity index (χ1) is 7.18. The van der Waals surface area contributed by atoms with Gasteiger partial charge in [0.1, 0.15) is 0 Å². The number of ether oxygens (including phenoxy) is 2. The highest BCUT2D eigenvalue weighted by atomic mass is 28.2. The first-order valence-electron chi connectivity index (χ1n) is 5.96. The van der Waals surface area contributed by atoms with E-state index in [4.69, 9.17) is 9.47 Å². The number of hydrogen-bond donors (Lipinski definition) is 0. The van der Waals surface area contributed by atoms with Crippen LogP contribution in [0.25, 0.3) is 0 Å². The number of rotatable bonds is 5. The summed E-state index contributed by atoms with van der Waals surface area (Å²) in [6, 6.07) is 0. The van der Waals surface area contributed by atoms with E-state index in [2.05, 4.69) is 6.55 Å². The monoisotopic (exact) mass is 230 g/mol. The minimum atomic E-state index is -0.178. The summed E-state index contributed by atoms with van der Waals surface area (Å²) in [7, 11) is -0.149. The van der Waals surface area contributed by atoms with Gasteiger partial charge in [0.05, 0.1) is 21.4 Å². The third kappa shape index (κ3) is 4.34. The molecule has 0 aromatic carbocycles. The Balaban J connectivity index is 2.23. The Bertz CT molecular complexity index is 200. The lowest BCUT2D eigenvalue weighted by molar-refractivity contribution is -0.141. The molecule has 1 aliphatic heterocycles. The zero-order chi connectivity index (χ0) is 11.1. The van der Waals surface area contributed by atoms with Gasteiger partial charge in [0.2, 0.25) is 0 Å². The zero-order valence-corrected chi connectivity index (χ0v) is 11.3. The Hall–Kier alpha value is -0.353. The van der Waals surface area contributed by atoms with Gasteiger partial charge in [-0.3, -0.25) is 4.79 Å². The molecule has 0 saturated carbocycles. The molecule has 0 aliphatic carbocycles. The van der Waals surface area contributed by atoms with Crippen molar-refractivity contribution < 1.29 is 14.3 Å². The second kappa shape index (κ2) is 6.28. The lowest BCUT2D eigenvalue weighted by Crippen LogP contribution is -2.41. The summed E-state index contributed by atoms with van der Waals surface area (Å²) in [6.07, 6.45) is 5.74. The van der Waals surface area contributed by atoms with Crippen LogP contribution in [0.5, 0.6) is 0 Å². The van der Waals surface area contributed by atoms with E-state index in [9.17, 15) is 4.79 Å². The van der Waals surface area contributed by atoms with Crippen molar-refractivity contribution in [3.63, 3.8) is 0 Å². The van der Waals surface area contributed by atoms with Gasteiger partial charge in [-0.25, -0.2) is 0 Å². The Labute approximate surface area is 94.3 Å². The van der Waals surface area contributed by atoms with E-state index in [-0.39, 0.29) is 20.7 Å². The average molecular weight is 230 g/mol. The molecule has 0 aromatic heterocycles. The molecule has 1 heterocycles. The molecule has 0 radical (unpaired) electrons. The van der Waals surface area contributed by atoms with Gasteiger partial charge in [-0.15, -0.1) is 0 Å². The minimum absolute atomic E-state index is 0.149. The Morgan fingerprint density at radius 1 is 1.53 bits per heavy atom. The van der Waals surface area contributed by atoms with Crippen LogP contribution in [0.2, 0.25) is 6.55 Å². The second-order valence-electron chi connectivity index (χ2n) is 4.29. The van der Waals surface area contributed by atoms with Crippen LogP contribution in [0.15, 0.2) is 0 Å². The van der Waals surface area contributed by atoms with Crippen molar-refractivity contribution in [2.24, 2.45) is 0 Å². The molecular weight excluding hydrogens is 208 g/mol. The topological polar surface area (TPSA) is 35.5 Å². The van der Waals surface area contributed by atoms with Gasteiger partial charge in [0, 0.05) is 13.5 Å². The zero-order valence-electron chi connectivity index (χ0n) is 9.88. The summed E-state index contributed by atoms with van der Waals surface area (Å²) < 4.78 is 10.9. The molecule has 0 amide bonds. The van der Waals surface area contributed by atoms with E-state index >= 15 is 0 Å². The van der Waals surface area contributed by atoms with E-state index in [0.717, 1.165) is 19.4 Å². The summed E-state index contributed by atoms with van der Waals surface area (Å²) in [5, 5.41) is 0.207. The highest BCUT2D eigenvalue weighted by Crippen LogP contribution is 2.28. The molecule has 0 bridgehead atoms. The van der Waals surface area contributed by atoms with Gasteiger partial charge in [-0.05, 0) is 32.1 Å². The van der Waals surface area contributed by atoms with Crippen LogP contribution in [-0.2, 0) is 14.3 Å². The molecule has 0 N–H and O–H groups in total. The van der Waals surface area contributed by atoms with Gasteiger partial charge in [0.15, 0.2) is 0 Å². The summed E-state index contributed by atoms with van der Waals surface area (Å²) in [6.45, 7) is 5.25. The lowest BCUT2D eigenvalue weighted by atomic mass is 10.0. The fraction of sp³-hybridized carbons (Fsp3) is 0.909. The molecule has 3 nitrogen and oxygen atoms in total. The number of esters is 1. The molecule has 0 spiro atoms. The molecule has 15 heavy (non-hydrogen) atoms. The number of carbonyl (C=O) groups excluding carboxylic acids is 1. The molecule has 1 atom stereocenters. The quantitative estimate of drug-likeness (QED) is 0.407. The predicted octanol–water partition coefficient (Wildman–Crippen LogP) is 1.44. The largest absolute Gasteiger partial charge is 0.466 e. The van der Waals surface area contributed by atoms with Crippen molar-refractivity contribution >= 4 is 15.5 Å². The van der Waals surface area contributed by atoms with E-state index in [1.807, 2.05) is 0 Å². The highest BCUT2D eigenvalue weighted by molar-refractivity contribution is 6.37. The molecule has 1 rings (SSSR count). The Morgan fingerprint density at radius 2 is 2.33 bits per heavy atom. The van der Waals surface area contributed by atoms with Crippen LogP contribution in [0.4, 0.5) is 0 Å². The Kier molecular flexibility index (Phi) is 5.32. The second-order valence-corrected chi connectivity index (χ2v) is 6.28.